The van der Waals surface area contributed by atoms with Crippen LogP contribution in [0.3, 0.4) is 0 Å². The molecule has 8 rings (SSSR count). The van der Waals surface area contributed by atoms with Gasteiger partial charge < -0.3 is 8.98 Å². The third-order valence-electron chi connectivity index (χ3n) is 9.32. The van der Waals surface area contributed by atoms with Crippen LogP contribution in [0.25, 0.3) is 61.4 Å². The van der Waals surface area contributed by atoms with Crippen LogP contribution in [0, 0.1) is 25.0 Å². The molecule has 0 aliphatic rings. The Hall–Kier alpha value is -4.36. The van der Waals surface area contributed by atoms with Crippen LogP contribution in [-0.2, 0) is 31.9 Å². The predicted molar refractivity (Wildman–Crippen MR) is 224 cm³/mol. The van der Waals surface area contributed by atoms with E-state index in [0.29, 0.717) is 5.71 Å². The number of rotatable bonds is 6. The molecule has 0 saturated heterocycles. The summed E-state index contributed by atoms with van der Waals surface area (Å²) in [6.07, 6.45) is 0.562. The second-order valence-electron chi connectivity index (χ2n) is 16.0. The van der Waals surface area contributed by atoms with Crippen molar-refractivity contribution in [2.24, 2.45) is 5.92 Å². The smallest absolute Gasteiger partial charge is 0 e. The summed E-state index contributed by atoms with van der Waals surface area (Å²) in [5.41, 5.74) is 10.0. The first-order valence-corrected chi connectivity index (χ1v) is 25.7. The van der Waals surface area contributed by atoms with E-state index in [-0.39, 0.29) is 31.4 Å². The van der Waals surface area contributed by atoms with Crippen molar-refractivity contribution in [1.82, 2.24) is 19.5 Å². The molecular formula is C47H48GeIrN4O-2. The number of pyridine rings is 2. The summed E-state index contributed by atoms with van der Waals surface area (Å²) in [7, 11) is 0. The van der Waals surface area contributed by atoms with Crippen molar-refractivity contribution in [2.45, 2.75) is 70.6 Å². The number of furan rings is 1. The number of benzene rings is 4. The van der Waals surface area contributed by atoms with Crippen molar-refractivity contribution in [3.8, 4) is 28.3 Å². The molecule has 5 nitrogen and oxygen atoms in total. The fourth-order valence-electron chi connectivity index (χ4n) is 6.80. The van der Waals surface area contributed by atoms with Crippen LogP contribution in [0.5, 0.6) is 0 Å². The number of aromatic nitrogens is 4. The van der Waals surface area contributed by atoms with Crippen LogP contribution < -0.4 is 4.40 Å². The van der Waals surface area contributed by atoms with Gasteiger partial charge in [-0.05, 0) is 48.2 Å². The zero-order valence-corrected chi connectivity index (χ0v) is 37.0. The van der Waals surface area contributed by atoms with Gasteiger partial charge >= 0.3 is 128 Å². The molecule has 0 saturated carbocycles. The van der Waals surface area contributed by atoms with Gasteiger partial charge in [-0.15, -0.1) is 18.2 Å². The second kappa shape index (κ2) is 15.8. The average Bonchev–Trinajstić information content (AvgIpc) is 3.72. The number of nitrogens with zero attached hydrogens (tertiary/aromatic N) is 4. The summed E-state index contributed by atoms with van der Waals surface area (Å²) < 4.78 is 26.8. The van der Waals surface area contributed by atoms with Crippen molar-refractivity contribution in [3.63, 3.8) is 0 Å². The maximum atomic E-state index is 8.56. The summed E-state index contributed by atoms with van der Waals surface area (Å²) >= 11 is -2.20. The molecule has 4 aromatic heterocycles. The molecule has 0 unspecified atom stereocenters. The number of fused-ring (bicyclic) bond motifs is 4. The standard InChI is InChI=1S/C29H24N3O.C18H24GeN.Ir/c1-18-16-17-20-19-10-9-11-21(26(19)33-28(20)30-18)27-31-23-13-6-8-15-25(23)32(27)24-14-7-5-12-22(24)29(2,3)4;1-14(2)11-16-12-18(15-9-7-6-8-10-15)20-13-17(16)19(3,4)5;/h5-10,12-17H,1-4H3;6-9,12-14H,11H2,1-5H3;/q2*-1;/i;11D2;. The minimum Gasteiger partial charge on any atom is 0 e. The van der Waals surface area contributed by atoms with Crippen molar-refractivity contribution in [2.75, 3.05) is 0 Å². The molecule has 54 heavy (non-hydrogen) atoms. The van der Waals surface area contributed by atoms with Gasteiger partial charge in [-0.1, -0.05) is 62.1 Å². The van der Waals surface area contributed by atoms with E-state index in [0.717, 1.165) is 71.4 Å². The van der Waals surface area contributed by atoms with Gasteiger partial charge in [0.05, 0.1) is 22.4 Å². The first-order valence-electron chi connectivity index (χ1n) is 19.3. The Balaban J connectivity index is 0.000000203. The van der Waals surface area contributed by atoms with Gasteiger partial charge in [0.2, 0.25) is 5.71 Å². The fourth-order valence-corrected chi connectivity index (χ4v) is 9.75. The predicted octanol–water partition coefficient (Wildman–Crippen LogP) is 11.7. The molecular weight excluding hydrogens is 901 g/mol. The molecule has 0 bridgehead atoms. The minimum atomic E-state index is -2.20. The molecule has 277 valence electrons. The third kappa shape index (κ3) is 8.03. The third-order valence-corrected chi connectivity index (χ3v) is 13.5. The molecule has 4 aromatic carbocycles. The second-order valence-corrected chi connectivity index (χ2v) is 26.5. The molecule has 1 radical (unpaired) electrons. The quantitative estimate of drug-likeness (QED) is 0.123. The fraction of sp³-hybridized carbons (Fsp3) is 0.255. The first kappa shape index (κ1) is 36.6. The molecule has 0 fully saturated rings. The molecule has 0 aliphatic carbocycles. The topological polar surface area (TPSA) is 56.7 Å². The number of hydrogen-bond donors (Lipinski definition) is 0. The molecule has 0 N–H and O–H groups in total. The van der Waals surface area contributed by atoms with Crippen LogP contribution in [0.2, 0.25) is 17.3 Å². The summed E-state index contributed by atoms with van der Waals surface area (Å²) in [5.74, 6) is 7.59. The Kier molecular flexibility index (Phi) is 10.7. The summed E-state index contributed by atoms with van der Waals surface area (Å²) in [5, 5.41) is 2.03. The molecule has 0 atom stereocenters. The maximum absolute atomic E-state index is 8.56. The van der Waals surface area contributed by atoms with Crippen molar-refractivity contribution >= 4 is 50.8 Å². The van der Waals surface area contributed by atoms with E-state index in [1.165, 1.54) is 5.56 Å². The summed E-state index contributed by atoms with van der Waals surface area (Å²) in [6.45, 7) is 12.6. The van der Waals surface area contributed by atoms with E-state index in [1.807, 2.05) is 81.6 Å². The van der Waals surface area contributed by atoms with Gasteiger partial charge in [0.25, 0.3) is 0 Å². The zero-order chi connectivity index (χ0) is 39.3. The molecule has 0 amide bonds. The van der Waals surface area contributed by atoms with Gasteiger partial charge in [-0.25, -0.2) is 4.98 Å². The van der Waals surface area contributed by atoms with Crippen molar-refractivity contribution < 1.29 is 27.3 Å². The monoisotopic (exact) mass is 953 g/mol. The Morgan fingerprint density at radius 1 is 0.852 bits per heavy atom. The SMILES string of the molecule is Cc1ccc2c(n1)oc1c(-c3nc4ccccc4n3-c3ccccc3C(C)(C)C)[c-]ccc12.[2H]C([2H])(c1cc(-c2[c-]cccc2)nc[c]1[Ge]([CH3])([CH3])[CH3])C(C)C.[Ir]. The normalized spacial score (nSPS) is 12.7. The van der Waals surface area contributed by atoms with Gasteiger partial charge in [-0.2, -0.15) is 0 Å². The number of hydrogen-bond acceptors (Lipinski definition) is 4. The number of para-hydroxylation sites is 3. The summed E-state index contributed by atoms with van der Waals surface area (Å²) in [6, 6.07) is 41.2. The molecule has 4 heterocycles. The van der Waals surface area contributed by atoms with E-state index < -0.39 is 19.6 Å². The van der Waals surface area contributed by atoms with Crippen LogP contribution >= 0.6 is 0 Å². The van der Waals surface area contributed by atoms with Gasteiger partial charge in [-0.3, -0.25) is 4.98 Å². The van der Waals surface area contributed by atoms with Crippen LogP contribution in [0.1, 0.15) is 54.2 Å². The Morgan fingerprint density at radius 3 is 2.31 bits per heavy atom. The van der Waals surface area contributed by atoms with Crippen LogP contribution in [-0.4, -0.2) is 32.8 Å². The minimum absolute atomic E-state index is 0. The van der Waals surface area contributed by atoms with Crippen LogP contribution in [0.15, 0.2) is 114 Å². The Bertz CT molecular complexity index is 2650. The van der Waals surface area contributed by atoms with Crippen LogP contribution in [0.4, 0.5) is 0 Å². The van der Waals surface area contributed by atoms with E-state index in [4.69, 9.17) is 12.1 Å². The van der Waals surface area contributed by atoms with Gasteiger partial charge in [0, 0.05) is 36.9 Å². The number of aryl methyl sites for hydroxylation is 1. The van der Waals surface area contributed by atoms with Gasteiger partial charge in [0.15, 0.2) is 0 Å². The molecule has 7 heteroatoms. The molecule has 8 aromatic rings. The van der Waals surface area contributed by atoms with E-state index >= 15 is 0 Å². The summed E-state index contributed by atoms with van der Waals surface area (Å²) in [4.78, 5) is 14.3. The van der Waals surface area contributed by atoms with E-state index in [2.05, 4.69) is 113 Å². The van der Waals surface area contributed by atoms with Crippen molar-refractivity contribution in [1.29, 1.82) is 0 Å². The molecule has 0 spiro atoms. The van der Waals surface area contributed by atoms with E-state index in [9.17, 15) is 0 Å². The average molecular weight is 952 g/mol. The van der Waals surface area contributed by atoms with E-state index in [1.54, 1.807) is 0 Å². The zero-order valence-electron chi connectivity index (χ0n) is 34.5. The molecule has 0 aliphatic heterocycles. The Morgan fingerprint density at radius 2 is 1.59 bits per heavy atom. The van der Waals surface area contributed by atoms with Crippen molar-refractivity contribution in [3.05, 3.63) is 138 Å². The maximum Gasteiger partial charge on any atom is 0 e. The number of imidazole rings is 1. The van der Waals surface area contributed by atoms with Gasteiger partial charge in [0.1, 0.15) is 0 Å². The Labute approximate surface area is 338 Å². The largest absolute Gasteiger partial charge is 0 e. The first-order chi connectivity index (χ1) is 26.1.